The van der Waals surface area contributed by atoms with E-state index in [1.807, 2.05) is 0 Å². The SMILES string of the molecule is CC(C)(CN)OCC(=O)O.Cl. The van der Waals surface area contributed by atoms with E-state index in [0.717, 1.165) is 0 Å². The van der Waals surface area contributed by atoms with E-state index in [1.165, 1.54) is 0 Å². The fourth-order valence-corrected chi connectivity index (χ4v) is 0.316. The molecule has 68 valence electrons. The smallest absolute Gasteiger partial charge is 0.329 e. The molecule has 3 N–H and O–H groups in total. The number of carboxylic acids is 1. The number of ether oxygens (including phenoxy) is 1. The quantitative estimate of drug-likeness (QED) is 0.655. The van der Waals surface area contributed by atoms with Crippen LogP contribution in [0.1, 0.15) is 13.8 Å². The fourth-order valence-electron chi connectivity index (χ4n) is 0.316. The molecule has 0 aliphatic rings. The molecule has 0 aromatic heterocycles. The van der Waals surface area contributed by atoms with Crippen molar-refractivity contribution in [2.45, 2.75) is 19.4 Å². The molecular formula is C6H14ClNO3. The molecule has 0 radical (unpaired) electrons. The molecule has 0 saturated carbocycles. The van der Waals surface area contributed by atoms with E-state index < -0.39 is 11.6 Å². The van der Waals surface area contributed by atoms with Crippen LogP contribution in [0.5, 0.6) is 0 Å². The van der Waals surface area contributed by atoms with Crippen molar-refractivity contribution in [3.8, 4) is 0 Å². The van der Waals surface area contributed by atoms with Crippen molar-refractivity contribution in [3.05, 3.63) is 0 Å². The van der Waals surface area contributed by atoms with E-state index in [4.69, 9.17) is 15.6 Å². The Morgan fingerprint density at radius 3 is 2.36 bits per heavy atom. The van der Waals surface area contributed by atoms with Gasteiger partial charge in [-0.25, -0.2) is 4.79 Å². The van der Waals surface area contributed by atoms with Crippen molar-refractivity contribution in [3.63, 3.8) is 0 Å². The third-order valence-corrected chi connectivity index (χ3v) is 1.08. The predicted molar refractivity (Wildman–Crippen MR) is 44.0 cm³/mol. The summed E-state index contributed by atoms with van der Waals surface area (Å²) in [6, 6.07) is 0. The molecule has 0 fully saturated rings. The molecule has 0 aromatic rings. The maximum Gasteiger partial charge on any atom is 0.329 e. The van der Waals surface area contributed by atoms with E-state index in [0.29, 0.717) is 6.54 Å². The minimum Gasteiger partial charge on any atom is -0.480 e. The monoisotopic (exact) mass is 183 g/mol. The lowest BCUT2D eigenvalue weighted by molar-refractivity contribution is -0.147. The summed E-state index contributed by atoms with van der Waals surface area (Å²) in [5.74, 6) is -0.971. The Morgan fingerprint density at radius 1 is 1.64 bits per heavy atom. The van der Waals surface area contributed by atoms with Crippen molar-refractivity contribution < 1.29 is 14.6 Å². The summed E-state index contributed by atoms with van der Waals surface area (Å²) in [5, 5.41) is 8.21. The molecule has 0 bridgehead atoms. The first-order valence-electron chi connectivity index (χ1n) is 3.04. The summed E-state index contributed by atoms with van der Waals surface area (Å²) in [5.41, 5.74) is 4.75. The molecule has 0 aliphatic heterocycles. The minimum absolute atomic E-state index is 0. The van der Waals surface area contributed by atoms with Gasteiger partial charge in [-0.3, -0.25) is 0 Å². The van der Waals surface area contributed by atoms with E-state index in [1.54, 1.807) is 13.8 Å². The maximum absolute atomic E-state index is 10.00. The molecule has 0 atom stereocenters. The highest BCUT2D eigenvalue weighted by molar-refractivity contribution is 5.85. The van der Waals surface area contributed by atoms with Crippen molar-refractivity contribution in [2.24, 2.45) is 5.73 Å². The Balaban J connectivity index is 0. The lowest BCUT2D eigenvalue weighted by atomic mass is 10.1. The summed E-state index contributed by atoms with van der Waals surface area (Å²) in [6.45, 7) is 3.52. The molecule has 0 saturated heterocycles. The van der Waals surface area contributed by atoms with Crippen LogP contribution in [-0.4, -0.2) is 29.8 Å². The molecular weight excluding hydrogens is 170 g/mol. The number of carboxylic acid groups (broad SMARTS) is 1. The van der Waals surface area contributed by atoms with Crippen LogP contribution >= 0.6 is 12.4 Å². The van der Waals surface area contributed by atoms with Crippen LogP contribution in [0, 0.1) is 0 Å². The van der Waals surface area contributed by atoms with Gasteiger partial charge in [-0.1, -0.05) is 0 Å². The van der Waals surface area contributed by atoms with Crippen LogP contribution in [0.25, 0.3) is 0 Å². The Hall–Kier alpha value is -0.320. The zero-order valence-electron chi connectivity index (χ0n) is 6.66. The first-order chi connectivity index (χ1) is 4.48. The average molecular weight is 184 g/mol. The second kappa shape index (κ2) is 5.35. The van der Waals surface area contributed by atoms with Gasteiger partial charge in [0.15, 0.2) is 0 Å². The number of halogens is 1. The number of nitrogens with two attached hydrogens (primary N) is 1. The van der Waals surface area contributed by atoms with Gasteiger partial charge in [0.05, 0.1) is 5.60 Å². The summed E-state index contributed by atoms with van der Waals surface area (Å²) >= 11 is 0. The first kappa shape index (κ1) is 13.3. The van der Waals surface area contributed by atoms with Gasteiger partial charge < -0.3 is 15.6 Å². The van der Waals surface area contributed by atoms with Crippen molar-refractivity contribution >= 4 is 18.4 Å². The van der Waals surface area contributed by atoms with Gasteiger partial charge in [-0.05, 0) is 13.8 Å². The van der Waals surface area contributed by atoms with Gasteiger partial charge in [0, 0.05) is 6.54 Å². The standard InChI is InChI=1S/C6H13NO3.ClH/c1-6(2,4-7)10-3-5(8)9;/h3-4,7H2,1-2H3,(H,8,9);1H. The zero-order valence-corrected chi connectivity index (χ0v) is 7.48. The summed E-state index contributed by atoms with van der Waals surface area (Å²) in [4.78, 5) is 10.00. The lowest BCUT2D eigenvalue weighted by Gasteiger charge is -2.21. The molecule has 0 heterocycles. The second-order valence-corrected chi connectivity index (χ2v) is 2.65. The highest BCUT2D eigenvalue weighted by atomic mass is 35.5. The van der Waals surface area contributed by atoms with Crippen molar-refractivity contribution in [1.82, 2.24) is 0 Å². The number of aliphatic carboxylic acids is 1. The van der Waals surface area contributed by atoms with Crippen molar-refractivity contribution in [2.75, 3.05) is 13.2 Å². The molecule has 0 unspecified atom stereocenters. The van der Waals surface area contributed by atoms with Crippen LogP contribution in [0.15, 0.2) is 0 Å². The molecule has 0 amide bonds. The first-order valence-corrected chi connectivity index (χ1v) is 3.04. The van der Waals surface area contributed by atoms with Crippen LogP contribution in [0.3, 0.4) is 0 Å². The Kier molecular flexibility index (Phi) is 6.46. The van der Waals surface area contributed by atoms with Gasteiger partial charge in [-0.2, -0.15) is 0 Å². The van der Waals surface area contributed by atoms with Gasteiger partial charge in [-0.15, -0.1) is 12.4 Å². The zero-order chi connectivity index (χ0) is 8.20. The number of rotatable bonds is 4. The average Bonchev–Trinajstić information content (AvgIpc) is 1.85. The Labute approximate surface area is 72.1 Å². The highest BCUT2D eigenvalue weighted by Crippen LogP contribution is 2.04. The summed E-state index contributed by atoms with van der Waals surface area (Å²) in [6.07, 6.45) is 0. The third-order valence-electron chi connectivity index (χ3n) is 1.08. The maximum atomic E-state index is 10.00. The molecule has 5 heteroatoms. The normalized spacial score (nSPS) is 10.5. The minimum atomic E-state index is -0.971. The molecule has 4 nitrogen and oxygen atoms in total. The molecule has 0 rings (SSSR count). The van der Waals surface area contributed by atoms with Gasteiger partial charge in [0.25, 0.3) is 0 Å². The molecule has 0 aromatic carbocycles. The Morgan fingerprint density at radius 2 is 2.09 bits per heavy atom. The van der Waals surface area contributed by atoms with E-state index >= 15 is 0 Å². The summed E-state index contributed by atoms with van der Waals surface area (Å²) < 4.78 is 4.92. The van der Waals surface area contributed by atoms with Crippen LogP contribution in [-0.2, 0) is 9.53 Å². The predicted octanol–water partition coefficient (Wildman–Crippen LogP) is 0.247. The second-order valence-electron chi connectivity index (χ2n) is 2.65. The van der Waals surface area contributed by atoms with Crippen LogP contribution < -0.4 is 5.73 Å². The van der Waals surface area contributed by atoms with Gasteiger partial charge >= 0.3 is 5.97 Å². The topological polar surface area (TPSA) is 72.5 Å². The molecule has 11 heavy (non-hydrogen) atoms. The van der Waals surface area contributed by atoms with Gasteiger partial charge in [0.2, 0.25) is 0 Å². The fraction of sp³-hybridized carbons (Fsp3) is 0.833. The number of carbonyl (C=O) groups is 1. The summed E-state index contributed by atoms with van der Waals surface area (Å²) in [7, 11) is 0. The molecule has 0 aliphatic carbocycles. The van der Waals surface area contributed by atoms with E-state index in [-0.39, 0.29) is 19.0 Å². The van der Waals surface area contributed by atoms with Crippen LogP contribution in [0.4, 0.5) is 0 Å². The number of hydrogen-bond donors (Lipinski definition) is 2. The van der Waals surface area contributed by atoms with Gasteiger partial charge in [0.1, 0.15) is 6.61 Å². The molecule has 0 spiro atoms. The number of hydrogen-bond acceptors (Lipinski definition) is 3. The van der Waals surface area contributed by atoms with E-state index in [9.17, 15) is 4.79 Å². The van der Waals surface area contributed by atoms with Crippen molar-refractivity contribution in [1.29, 1.82) is 0 Å². The Bertz CT molecular complexity index is 127. The van der Waals surface area contributed by atoms with E-state index in [2.05, 4.69) is 0 Å². The van der Waals surface area contributed by atoms with Crippen LogP contribution in [0.2, 0.25) is 0 Å². The largest absolute Gasteiger partial charge is 0.480 e. The highest BCUT2D eigenvalue weighted by Gasteiger charge is 2.16. The lowest BCUT2D eigenvalue weighted by Crippen LogP contribution is -2.35. The third kappa shape index (κ3) is 7.58.